The van der Waals surface area contributed by atoms with Crippen molar-refractivity contribution in [2.24, 2.45) is 0 Å². The van der Waals surface area contributed by atoms with Gasteiger partial charge in [-0.05, 0) is 43.7 Å². The molecule has 0 saturated carbocycles. The Morgan fingerprint density at radius 2 is 1.81 bits per heavy atom. The Hall–Kier alpha value is -2.99. The maximum Gasteiger partial charge on any atom is 0.258 e. The van der Waals surface area contributed by atoms with Crippen LogP contribution in [0, 0.1) is 0 Å². The van der Waals surface area contributed by atoms with E-state index in [-0.39, 0.29) is 11.6 Å². The molecule has 3 heterocycles. The van der Waals surface area contributed by atoms with Crippen LogP contribution in [-0.4, -0.2) is 31.4 Å². The van der Waals surface area contributed by atoms with E-state index >= 15 is 0 Å². The van der Waals surface area contributed by atoms with E-state index in [9.17, 15) is 4.79 Å². The number of aromatic amines is 2. The summed E-state index contributed by atoms with van der Waals surface area (Å²) in [5.74, 6) is 1.70. The predicted octanol–water partition coefficient (Wildman–Crippen LogP) is 3.14. The van der Waals surface area contributed by atoms with Gasteiger partial charge in [-0.1, -0.05) is 24.3 Å². The van der Waals surface area contributed by atoms with Crippen molar-refractivity contribution in [1.29, 1.82) is 0 Å². The Morgan fingerprint density at radius 3 is 2.69 bits per heavy atom. The van der Waals surface area contributed by atoms with Gasteiger partial charge in [0.2, 0.25) is 0 Å². The number of imidazole rings is 1. The lowest BCUT2D eigenvalue weighted by atomic mass is 10.2. The minimum Gasteiger partial charge on any atom is -0.341 e. The van der Waals surface area contributed by atoms with Gasteiger partial charge >= 0.3 is 0 Å². The fourth-order valence-electron chi connectivity index (χ4n) is 3.86. The zero-order valence-corrected chi connectivity index (χ0v) is 14.3. The van der Waals surface area contributed by atoms with Crippen LogP contribution in [0.4, 0.5) is 0 Å². The molecule has 0 spiro atoms. The number of hydrogen-bond acceptors (Lipinski definition) is 4. The summed E-state index contributed by atoms with van der Waals surface area (Å²) in [6.07, 6.45) is 2.07. The minimum atomic E-state index is -0.0683. The van der Waals surface area contributed by atoms with Crippen molar-refractivity contribution >= 4 is 21.9 Å². The van der Waals surface area contributed by atoms with Gasteiger partial charge in [-0.25, -0.2) is 9.97 Å². The molecular weight excluding hydrogens is 326 g/mol. The Labute approximate surface area is 149 Å². The van der Waals surface area contributed by atoms with Gasteiger partial charge in [0.15, 0.2) is 0 Å². The van der Waals surface area contributed by atoms with Crippen LogP contribution in [0.5, 0.6) is 0 Å². The van der Waals surface area contributed by atoms with Gasteiger partial charge in [-0.2, -0.15) is 0 Å². The molecule has 2 N–H and O–H groups in total. The van der Waals surface area contributed by atoms with Crippen LogP contribution in [0.1, 0.15) is 30.5 Å². The zero-order valence-electron chi connectivity index (χ0n) is 14.3. The maximum atomic E-state index is 12.4. The van der Waals surface area contributed by atoms with Gasteiger partial charge in [0.1, 0.15) is 11.6 Å². The average molecular weight is 345 g/mol. The molecule has 2 aromatic carbocycles. The second kappa shape index (κ2) is 6.07. The average Bonchev–Trinajstić information content (AvgIpc) is 3.28. The second-order valence-electron chi connectivity index (χ2n) is 6.80. The van der Waals surface area contributed by atoms with Crippen LogP contribution >= 0.6 is 0 Å². The number of rotatable bonds is 3. The Morgan fingerprint density at radius 1 is 1.00 bits per heavy atom. The van der Waals surface area contributed by atoms with E-state index in [0.717, 1.165) is 54.1 Å². The number of fused-ring (bicyclic) bond motifs is 2. The van der Waals surface area contributed by atoms with E-state index in [1.165, 1.54) is 0 Å². The number of H-pyrrole nitrogens is 2. The number of nitrogens with one attached hydrogen (secondary N) is 2. The molecule has 1 unspecified atom stereocenters. The lowest BCUT2D eigenvalue weighted by molar-refractivity contribution is 0.235. The molecule has 0 amide bonds. The summed E-state index contributed by atoms with van der Waals surface area (Å²) in [6.45, 7) is 1.69. The van der Waals surface area contributed by atoms with E-state index in [1.54, 1.807) is 0 Å². The van der Waals surface area contributed by atoms with E-state index in [1.807, 2.05) is 48.5 Å². The van der Waals surface area contributed by atoms with Crippen molar-refractivity contribution in [2.75, 3.05) is 6.54 Å². The fourth-order valence-corrected chi connectivity index (χ4v) is 3.86. The number of likely N-dealkylation sites (tertiary alicyclic amines) is 1. The molecule has 130 valence electrons. The van der Waals surface area contributed by atoms with Crippen LogP contribution in [-0.2, 0) is 6.54 Å². The molecule has 6 heteroatoms. The molecule has 6 nitrogen and oxygen atoms in total. The van der Waals surface area contributed by atoms with Gasteiger partial charge in [0.05, 0.1) is 34.5 Å². The van der Waals surface area contributed by atoms with Crippen molar-refractivity contribution in [2.45, 2.75) is 25.4 Å². The molecule has 26 heavy (non-hydrogen) atoms. The Bertz CT molecular complexity index is 1110. The summed E-state index contributed by atoms with van der Waals surface area (Å²) in [5.41, 5.74) is 2.72. The minimum absolute atomic E-state index is 0.0683. The topological polar surface area (TPSA) is 77.7 Å². The molecule has 1 saturated heterocycles. The van der Waals surface area contributed by atoms with E-state index in [4.69, 9.17) is 4.98 Å². The Kier molecular flexibility index (Phi) is 3.57. The maximum absolute atomic E-state index is 12.4. The van der Waals surface area contributed by atoms with E-state index in [2.05, 4.69) is 19.9 Å². The van der Waals surface area contributed by atoms with Gasteiger partial charge in [-0.15, -0.1) is 0 Å². The van der Waals surface area contributed by atoms with Crippen LogP contribution in [0.15, 0.2) is 53.3 Å². The summed E-state index contributed by atoms with van der Waals surface area (Å²) >= 11 is 0. The molecule has 5 rings (SSSR count). The van der Waals surface area contributed by atoms with Crippen LogP contribution < -0.4 is 5.56 Å². The first kappa shape index (κ1) is 15.3. The number of para-hydroxylation sites is 3. The van der Waals surface area contributed by atoms with Gasteiger partial charge in [-0.3, -0.25) is 9.69 Å². The summed E-state index contributed by atoms with van der Waals surface area (Å²) in [6, 6.07) is 15.7. The SMILES string of the molecule is O=c1[nH]c(C2CCCN2Cc2nc3ccccc3[nH]2)nc2ccccc12. The second-order valence-corrected chi connectivity index (χ2v) is 6.80. The highest BCUT2D eigenvalue weighted by molar-refractivity contribution is 5.77. The van der Waals surface area contributed by atoms with Crippen LogP contribution in [0.2, 0.25) is 0 Å². The first-order chi connectivity index (χ1) is 12.8. The molecule has 0 radical (unpaired) electrons. The fraction of sp³-hybridized carbons (Fsp3) is 0.250. The predicted molar refractivity (Wildman–Crippen MR) is 101 cm³/mol. The van der Waals surface area contributed by atoms with Gasteiger partial charge in [0.25, 0.3) is 5.56 Å². The van der Waals surface area contributed by atoms with Crippen molar-refractivity contribution in [3.05, 3.63) is 70.5 Å². The lowest BCUT2D eigenvalue weighted by Gasteiger charge is -2.22. The first-order valence-electron chi connectivity index (χ1n) is 8.94. The van der Waals surface area contributed by atoms with Crippen LogP contribution in [0.25, 0.3) is 21.9 Å². The summed E-state index contributed by atoms with van der Waals surface area (Å²) in [5, 5.41) is 0.637. The Balaban J connectivity index is 1.48. The molecule has 4 aromatic rings. The molecule has 1 atom stereocenters. The number of benzene rings is 2. The smallest absolute Gasteiger partial charge is 0.258 e. The highest BCUT2D eigenvalue weighted by Gasteiger charge is 2.29. The first-order valence-corrected chi connectivity index (χ1v) is 8.94. The van der Waals surface area contributed by atoms with Crippen LogP contribution in [0.3, 0.4) is 0 Å². The third-order valence-electron chi connectivity index (χ3n) is 5.10. The van der Waals surface area contributed by atoms with Crippen molar-refractivity contribution in [1.82, 2.24) is 24.8 Å². The molecule has 1 aliphatic heterocycles. The highest BCUT2D eigenvalue weighted by Crippen LogP contribution is 2.31. The molecule has 1 aliphatic rings. The van der Waals surface area contributed by atoms with E-state index in [0.29, 0.717) is 5.39 Å². The quantitative estimate of drug-likeness (QED) is 0.598. The van der Waals surface area contributed by atoms with Crippen molar-refractivity contribution in [3.63, 3.8) is 0 Å². The standard InChI is InChI=1S/C20H19N5O/c26-20-13-6-1-2-7-14(13)23-19(24-20)17-10-5-11-25(17)12-18-21-15-8-3-4-9-16(15)22-18/h1-4,6-9,17H,5,10-12H2,(H,21,22)(H,23,24,26). The van der Waals surface area contributed by atoms with Crippen molar-refractivity contribution in [3.8, 4) is 0 Å². The molecule has 2 aromatic heterocycles. The molecule has 1 fully saturated rings. The molecular formula is C20H19N5O. The third kappa shape index (κ3) is 2.59. The molecule has 0 bridgehead atoms. The normalized spacial score (nSPS) is 18.1. The number of hydrogen-bond donors (Lipinski definition) is 2. The van der Waals surface area contributed by atoms with Gasteiger partial charge < -0.3 is 9.97 Å². The summed E-state index contributed by atoms with van der Waals surface area (Å²) in [4.78, 5) is 30.5. The summed E-state index contributed by atoms with van der Waals surface area (Å²) < 4.78 is 0. The number of nitrogens with zero attached hydrogens (tertiary/aromatic N) is 3. The third-order valence-corrected chi connectivity index (χ3v) is 5.10. The largest absolute Gasteiger partial charge is 0.341 e. The monoisotopic (exact) mass is 345 g/mol. The van der Waals surface area contributed by atoms with Crippen molar-refractivity contribution < 1.29 is 0 Å². The molecule has 0 aliphatic carbocycles. The lowest BCUT2D eigenvalue weighted by Crippen LogP contribution is -2.26. The van der Waals surface area contributed by atoms with Gasteiger partial charge in [0, 0.05) is 0 Å². The summed E-state index contributed by atoms with van der Waals surface area (Å²) in [7, 11) is 0. The zero-order chi connectivity index (χ0) is 17.5. The highest BCUT2D eigenvalue weighted by atomic mass is 16.1. The van der Waals surface area contributed by atoms with E-state index < -0.39 is 0 Å². The number of aromatic nitrogens is 4.